The van der Waals surface area contributed by atoms with E-state index in [2.05, 4.69) is 0 Å². The largest absolute Gasteiger partial charge is 0.497 e. The maximum absolute atomic E-state index is 10.9. The van der Waals surface area contributed by atoms with Crippen molar-refractivity contribution in [1.29, 1.82) is 5.26 Å². The average molecular weight is 206 g/mol. The molecule has 0 radical (unpaired) electrons. The molecule has 0 saturated heterocycles. The summed E-state index contributed by atoms with van der Waals surface area (Å²) in [5.74, 6) is -0.730. The van der Waals surface area contributed by atoms with E-state index in [1.807, 2.05) is 6.07 Å². The summed E-state index contributed by atoms with van der Waals surface area (Å²) >= 11 is 0. The van der Waals surface area contributed by atoms with Crippen molar-refractivity contribution < 1.29 is 14.6 Å². The number of carbonyl (C=O) groups is 1. The van der Waals surface area contributed by atoms with Crippen LogP contribution in [0.3, 0.4) is 0 Å². The number of nitrogens with two attached hydrogens (primary N) is 1. The molecule has 1 aromatic rings. The summed E-state index contributed by atoms with van der Waals surface area (Å²) in [4.78, 5) is 10.9. The van der Waals surface area contributed by atoms with Crippen molar-refractivity contribution in [1.82, 2.24) is 0 Å². The first-order valence-corrected chi connectivity index (χ1v) is 4.18. The number of benzene rings is 1. The van der Waals surface area contributed by atoms with Gasteiger partial charge in [0.1, 0.15) is 11.8 Å². The summed E-state index contributed by atoms with van der Waals surface area (Å²) in [6, 6.07) is 4.71. The first-order valence-electron chi connectivity index (χ1n) is 4.18. The maximum atomic E-state index is 10.9. The van der Waals surface area contributed by atoms with Gasteiger partial charge in [0.25, 0.3) is 0 Å². The lowest BCUT2D eigenvalue weighted by Gasteiger charge is -2.08. The van der Waals surface area contributed by atoms with Gasteiger partial charge in [-0.2, -0.15) is 5.26 Å². The first-order chi connectivity index (χ1) is 7.13. The minimum Gasteiger partial charge on any atom is -0.497 e. The van der Waals surface area contributed by atoms with Gasteiger partial charge >= 0.3 is 5.97 Å². The van der Waals surface area contributed by atoms with Gasteiger partial charge in [-0.15, -0.1) is 0 Å². The van der Waals surface area contributed by atoms with Crippen LogP contribution in [0.2, 0.25) is 0 Å². The second kappa shape index (κ2) is 4.44. The van der Waals surface area contributed by atoms with Gasteiger partial charge in [-0.25, -0.2) is 4.79 Å². The molecule has 0 atom stereocenters. The van der Waals surface area contributed by atoms with Gasteiger partial charge in [0.2, 0.25) is 0 Å². The Balaban J connectivity index is 3.48. The van der Waals surface area contributed by atoms with Crippen molar-refractivity contribution in [2.45, 2.75) is 6.54 Å². The molecule has 0 aliphatic carbocycles. The molecule has 5 nitrogen and oxygen atoms in total. The third kappa shape index (κ3) is 2.06. The smallest absolute Gasteiger partial charge is 0.337 e. The molecule has 0 aliphatic rings. The lowest BCUT2D eigenvalue weighted by molar-refractivity contribution is 0.0695. The quantitative estimate of drug-likeness (QED) is 0.759. The Hall–Kier alpha value is -2.06. The highest BCUT2D eigenvalue weighted by atomic mass is 16.5. The Morgan fingerprint density at radius 2 is 2.33 bits per heavy atom. The van der Waals surface area contributed by atoms with Crippen LogP contribution in [0.15, 0.2) is 12.1 Å². The number of ether oxygens (including phenoxy) is 1. The highest BCUT2D eigenvalue weighted by Crippen LogP contribution is 2.22. The second-order valence-electron chi connectivity index (χ2n) is 2.83. The van der Waals surface area contributed by atoms with Gasteiger partial charge in [0.05, 0.1) is 18.2 Å². The zero-order valence-corrected chi connectivity index (χ0v) is 8.15. The SMILES string of the molecule is COc1cc(C#N)c(C(=O)O)c(CN)c1. The van der Waals surface area contributed by atoms with Crippen LogP contribution in [-0.2, 0) is 6.54 Å². The summed E-state index contributed by atoms with van der Waals surface area (Å²) in [6.45, 7) is 0.0491. The lowest BCUT2D eigenvalue weighted by Crippen LogP contribution is -2.09. The zero-order chi connectivity index (χ0) is 11.4. The fraction of sp³-hybridized carbons (Fsp3) is 0.200. The highest BCUT2D eigenvalue weighted by molar-refractivity contribution is 5.92. The normalized spacial score (nSPS) is 9.40. The van der Waals surface area contributed by atoms with Crippen molar-refractivity contribution in [2.75, 3.05) is 7.11 Å². The number of carboxylic acid groups (broad SMARTS) is 1. The number of nitriles is 1. The molecule has 15 heavy (non-hydrogen) atoms. The van der Waals surface area contributed by atoms with Gasteiger partial charge in [-0.1, -0.05) is 0 Å². The van der Waals surface area contributed by atoms with Crippen molar-refractivity contribution in [3.05, 3.63) is 28.8 Å². The lowest BCUT2D eigenvalue weighted by atomic mass is 10.0. The van der Waals surface area contributed by atoms with Gasteiger partial charge in [0, 0.05) is 6.54 Å². The predicted molar refractivity (Wildman–Crippen MR) is 52.6 cm³/mol. The number of aromatic carboxylic acids is 1. The van der Waals surface area contributed by atoms with Crippen molar-refractivity contribution in [2.24, 2.45) is 5.73 Å². The van der Waals surface area contributed by atoms with Crippen LogP contribution in [0.4, 0.5) is 0 Å². The standard InChI is InChI=1S/C10H10N2O3/c1-15-8-2-6(4-11)9(10(13)14)7(3-8)5-12/h2-3H,4,11H2,1H3,(H,13,14). The van der Waals surface area contributed by atoms with E-state index in [1.165, 1.54) is 19.2 Å². The molecule has 78 valence electrons. The maximum Gasteiger partial charge on any atom is 0.337 e. The monoisotopic (exact) mass is 206 g/mol. The van der Waals surface area contributed by atoms with Crippen LogP contribution in [0.1, 0.15) is 21.5 Å². The van der Waals surface area contributed by atoms with E-state index >= 15 is 0 Å². The van der Waals surface area contributed by atoms with E-state index in [9.17, 15) is 4.79 Å². The molecule has 0 bridgehead atoms. The Bertz CT molecular complexity index is 435. The highest BCUT2D eigenvalue weighted by Gasteiger charge is 2.16. The molecule has 0 aromatic heterocycles. The Morgan fingerprint density at radius 1 is 1.67 bits per heavy atom. The van der Waals surface area contributed by atoms with Crippen molar-refractivity contribution >= 4 is 5.97 Å². The molecule has 0 unspecified atom stereocenters. The van der Waals surface area contributed by atoms with Gasteiger partial charge in [0.15, 0.2) is 0 Å². The van der Waals surface area contributed by atoms with Crippen LogP contribution in [0.25, 0.3) is 0 Å². The summed E-state index contributed by atoms with van der Waals surface area (Å²) in [5.41, 5.74) is 5.80. The molecule has 0 fully saturated rings. The number of carboxylic acids is 1. The molecule has 0 aliphatic heterocycles. The van der Waals surface area contributed by atoms with Crippen LogP contribution >= 0.6 is 0 Å². The molecule has 0 spiro atoms. The number of rotatable bonds is 3. The molecule has 1 aromatic carbocycles. The molecule has 0 saturated carbocycles. The minimum atomic E-state index is -1.16. The number of hydrogen-bond donors (Lipinski definition) is 2. The van der Waals surface area contributed by atoms with Crippen molar-refractivity contribution in [3.8, 4) is 11.8 Å². The summed E-state index contributed by atoms with van der Waals surface area (Å²) in [7, 11) is 1.44. The summed E-state index contributed by atoms with van der Waals surface area (Å²) in [5, 5.41) is 17.7. The van der Waals surface area contributed by atoms with Gasteiger partial charge in [-0.3, -0.25) is 0 Å². The molecule has 5 heteroatoms. The van der Waals surface area contributed by atoms with Crippen LogP contribution < -0.4 is 10.5 Å². The minimum absolute atomic E-state index is 0.0491. The average Bonchev–Trinajstić information content (AvgIpc) is 2.26. The van der Waals surface area contributed by atoms with Crippen LogP contribution in [-0.4, -0.2) is 18.2 Å². The molecule has 3 N–H and O–H groups in total. The molecular formula is C10H10N2O3. The number of hydrogen-bond acceptors (Lipinski definition) is 4. The summed E-state index contributed by atoms with van der Waals surface area (Å²) < 4.78 is 4.93. The van der Waals surface area contributed by atoms with Crippen molar-refractivity contribution in [3.63, 3.8) is 0 Å². The molecule has 0 amide bonds. The predicted octanol–water partition coefficient (Wildman–Crippen LogP) is 0.724. The molecule has 0 heterocycles. The van der Waals surface area contributed by atoms with E-state index in [-0.39, 0.29) is 17.7 Å². The Labute approximate surface area is 86.7 Å². The topological polar surface area (TPSA) is 96.3 Å². The van der Waals surface area contributed by atoms with E-state index < -0.39 is 5.97 Å². The van der Waals surface area contributed by atoms with E-state index in [1.54, 1.807) is 0 Å². The van der Waals surface area contributed by atoms with Crippen LogP contribution in [0.5, 0.6) is 5.75 Å². The van der Waals surface area contributed by atoms with E-state index in [0.29, 0.717) is 11.3 Å². The second-order valence-corrected chi connectivity index (χ2v) is 2.83. The summed E-state index contributed by atoms with van der Waals surface area (Å²) in [6.07, 6.45) is 0. The zero-order valence-electron chi connectivity index (χ0n) is 8.15. The number of methoxy groups -OCH3 is 1. The Kier molecular flexibility index (Phi) is 3.26. The third-order valence-corrected chi connectivity index (χ3v) is 1.98. The third-order valence-electron chi connectivity index (χ3n) is 1.98. The number of nitrogens with zero attached hydrogens (tertiary/aromatic N) is 1. The molecule has 1 rings (SSSR count). The van der Waals surface area contributed by atoms with E-state index in [4.69, 9.17) is 20.8 Å². The van der Waals surface area contributed by atoms with Gasteiger partial charge < -0.3 is 15.6 Å². The fourth-order valence-corrected chi connectivity index (χ4v) is 1.29. The van der Waals surface area contributed by atoms with Gasteiger partial charge in [-0.05, 0) is 17.7 Å². The van der Waals surface area contributed by atoms with E-state index in [0.717, 1.165) is 0 Å². The Morgan fingerprint density at radius 3 is 2.73 bits per heavy atom. The first kappa shape index (κ1) is 11.0. The fourth-order valence-electron chi connectivity index (χ4n) is 1.29. The van der Waals surface area contributed by atoms with Crippen LogP contribution in [0, 0.1) is 11.3 Å². The molecular weight excluding hydrogens is 196 g/mol.